The third-order valence-corrected chi connectivity index (χ3v) is 4.63. The van der Waals surface area contributed by atoms with Crippen LogP contribution in [0, 0.1) is 10.1 Å². The SMILES string of the molecule is C[C@H](c1cccc([N+](=O)[O-])c1)N(C)C(=O)CCNC(=O)c1ccsc1. The highest BCUT2D eigenvalue weighted by atomic mass is 32.1. The number of nitro benzene ring substituents is 1. The molecular formula is C17H19N3O4S. The number of nitrogens with one attached hydrogen (secondary N) is 1. The first-order valence-electron chi connectivity index (χ1n) is 7.70. The molecule has 2 rings (SSSR count). The van der Waals surface area contributed by atoms with Gasteiger partial charge in [-0.1, -0.05) is 12.1 Å². The van der Waals surface area contributed by atoms with E-state index >= 15 is 0 Å². The van der Waals surface area contributed by atoms with Gasteiger partial charge in [0.05, 0.1) is 11.0 Å². The van der Waals surface area contributed by atoms with Gasteiger partial charge in [-0.15, -0.1) is 0 Å². The lowest BCUT2D eigenvalue weighted by Crippen LogP contribution is -2.33. The van der Waals surface area contributed by atoms with Gasteiger partial charge in [0.25, 0.3) is 11.6 Å². The highest BCUT2D eigenvalue weighted by Gasteiger charge is 2.19. The Labute approximate surface area is 149 Å². The van der Waals surface area contributed by atoms with Crippen molar-refractivity contribution in [3.63, 3.8) is 0 Å². The summed E-state index contributed by atoms with van der Waals surface area (Å²) in [5.41, 5.74) is 1.26. The molecule has 0 aliphatic heterocycles. The van der Waals surface area contributed by atoms with Gasteiger partial charge in [-0.05, 0) is 23.9 Å². The largest absolute Gasteiger partial charge is 0.351 e. The van der Waals surface area contributed by atoms with Gasteiger partial charge < -0.3 is 10.2 Å². The summed E-state index contributed by atoms with van der Waals surface area (Å²) in [7, 11) is 1.65. The molecule has 1 aromatic carbocycles. The van der Waals surface area contributed by atoms with E-state index in [9.17, 15) is 19.7 Å². The Kier molecular flexibility index (Phi) is 6.24. The molecule has 1 atom stereocenters. The molecule has 0 aliphatic rings. The van der Waals surface area contributed by atoms with E-state index in [1.54, 1.807) is 37.6 Å². The Morgan fingerprint density at radius 3 is 2.76 bits per heavy atom. The number of rotatable bonds is 7. The quantitative estimate of drug-likeness (QED) is 0.606. The first-order chi connectivity index (χ1) is 11.9. The van der Waals surface area contributed by atoms with Gasteiger partial charge in [-0.3, -0.25) is 19.7 Å². The number of amides is 2. The topological polar surface area (TPSA) is 92.6 Å². The molecule has 2 amide bonds. The Morgan fingerprint density at radius 1 is 1.36 bits per heavy atom. The third-order valence-electron chi connectivity index (χ3n) is 3.95. The predicted octanol–water partition coefficient (Wildman–Crippen LogP) is 3.00. The molecule has 0 aliphatic carbocycles. The van der Waals surface area contributed by atoms with Crippen molar-refractivity contribution in [2.24, 2.45) is 0 Å². The van der Waals surface area contributed by atoms with Crippen molar-refractivity contribution in [3.05, 3.63) is 62.3 Å². The van der Waals surface area contributed by atoms with E-state index in [2.05, 4.69) is 5.32 Å². The maximum Gasteiger partial charge on any atom is 0.269 e. The van der Waals surface area contributed by atoms with Crippen LogP contribution in [-0.4, -0.2) is 35.2 Å². The fraction of sp³-hybridized carbons (Fsp3) is 0.294. The van der Waals surface area contributed by atoms with E-state index in [4.69, 9.17) is 0 Å². The number of hydrogen-bond donors (Lipinski definition) is 1. The molecule has 0 spiro atoms. The van der Waals surface area contributed by atoms with E-state index in [1.165, 1.54) is 28.4 Å². The van der Waals surface area contributed by atoms with Crippen molar-refractivity contribution in [1.29, 1.82) is 0 Å². The van der Waals surface area contributed by atoms with Gasteiger partial charge in [0.1, 0.15) is 0 Å². The third kappa shape index (κ3) is 4.87. The molecule has 7 nitrogen and oxygen atoms in total. The Bertz CT molecular complexity index is 761. The van der Waals surface area contributed by atoms with Gasteiger partial charge in [-0.25, -0.2) is 0 Å². The van der Waals surface area contributed by atoms with E-state index in [0.717, 1.165) is 0 Å². The van der Waals surface area contributed by atoms with Crippen LogP contribution in [0.1, 0.15) is 35.3 Å². The molecule has 2 aromatic rings. The fourth-order valence-electron chi connectivity index (χ4n) is 2.29. The molecule has 0 fully saturated rings. The molecule has 25 heavy (non-hydrogen) atoms. The molecule has 0 saturated carbocycles. The predicted molar refractivity (Wildman–Crippen MR) is 95.6 cm³/mol. The molecule has 8 heteroatoms. The van der Waals surface area contributed by atoms with Crippen molar-refractivity contribution in [3.8, 4) is 0 Å². The van der Waals surface area contributed by atoms with E-state index in [0.29, 0.717) is 11.1 Å². The second-order valence-electron chi connectivity index (χ2n) is 5.55. The molecular weight excluding hydrogens is 342 g/mol. The molecule has 1 aromatic heterocycles. The summed E-state index contributed by atoms with van der Waals surface area (Å²) in [4.78, 5) is 36.0. The maximum atomic E-state index is 12.3. The normalized spacial score (nSPS) is 11.6. The summed E-state index contributed by atoms with van der Waals surface area (Å²) in [5, 5.41) is 17.1. The van der Waals surface area contributed by atoms with Crippen molar-refractivity contribution in [2.75, 3.05) is 13.6 Å². The Hall–Kier alpha value is -2.74. The lowest BCUT2D eigenvalue weighted by Gasteiger charge is -2.25. The van der Waals surface area contributed by atoms with Crippen LogP contribution in [-0.2, 0) is 4.79 Å². The van der Waals surface area contributed by atoms with Crippen LogP contribution >= 0.6 is 11.3 Å². The number of nitro groups is 1. The second kappa shape index (κ2) is 8.39. The highest BCUT2D eigenvalue weighted by Crippen LogP contribution is 2.23. The van der Waals surface area contributed by atoms with E-state index < -0.39 is 4.92 Å². The van der Waals surface area contributed by atoms with E-state index in [-0.39, 0.29) is 36.5 Å². The highest BCUT2D eigenvalue weighted by molar-refractivity contribution is 7.08. The summed E-state index contributed by atoms with van der Waals surface area (Å²) in [6, 6.07) is 7.65. The summed E-state index contributed by atoms with van der Waals surface area (Å²) in [6.07, 6.45) is 0.158. The van der Waals surface area contributed by atoms with Crippen molar-refractivity contribution < 1.29 is 14.5 Å². The smallest absolute Gasteiger partial charge is 0.269 e. The zero-order valence-corrected chi connectivity index (χ0v) is 14.8. The summed E-state index contributed by atoms with van der Waals surface area (Å²) >= 11 is 1.43. The number of carbonyl (C=O) groups is 2. The number of nitrogens with zero attached hydrogens (tertiary/aromatic N) is 2. The summed E-state index contributed by atoms with van der Waals surface area (Å²) in [5.74, 6) is -0.354. The molecule has 0 saturated heterocycles. The molecule has 0 radical (unpaired) electrons. The minimum atomic E-state index is -0.460. The van der Waals surface area contributed by atoms with Crippen LogP contribution in [0.15, 0.2) is 41.1 Å². The van der Waals surface area contributed by atoms with Crippen LogP contribution in [0.4, 0.5) is 5.69 Å². The number of benzene rings is 1. The van der Waals surface area contributed by atoms with Crippen molar-refractivity contribution >= 4 is 28.8 Å². The van der Waals surface area contributed by atoms with Crippen LogP contribution in [0.25, 0.3) is 0 Å². The maximum absolute atomic E-state index is 12.3. The molecule has 1 heterocycles. The molecule has 0 unspecified atom stereocenters. The fourth-order valence-corrected chi connectivity index (χ4v) is 2.93. The number of hydrogen-bond acceptors (Lipinski definition) is 5. The minimum Gasteiger partial charge on any atom is -0.351 e. The Morgan fingerprint density at radius 2 is 2.12 bits per heavy atom. The van der Waals surface area contributed by atoms with Gasteiger partial charge in [0, 0.05) is 43.1 Å². The zero-order chi connectivity index (χ0) is 18.4. The minimum absolute atomic E-state index is 0.00627. The van der Waals surface area contributed by atoms with Crippen LogP contribution in [0.2, 0.25) is 0 Å². The van der Waals surface area contributed by atoms with E-state index in [1.807, 2.05) is 5.38 Å². The van der Waals surface area contributed by atoms with Crippen LogP contribution in [0.3, 0.4) is 0 Å². The standard InChI is InChI=1S/C17H19N3O4S/c1-12(13-4-3-5-15(10-13)20(23)24)19(2)16(21)6-8-18-17(22)14-7-9-25-11-14/h3-5,7,9-12H,6,8H2,1-2H3,(H,18,22)/t12-/m1/s1. The van der Waals surface area contributed by atoms with Gasteiger partial charge >= 0.3 is 0 Å². The molecule has 1 N–H and O–H groups in total. The van der Waals surface area contributed by atoms with Gasteiger partial charge in [0.2, 0.25) is 5.91 Å². The number of thiophene rings is 1. The lowest BCUT2D eigenvalue weighted by atomic mass is 10.1. The zero-order valence-electron chi connectivity index (χ0n) is 14.0. The summed E-state index contributed by atoms with van der Waals surface area (Å²) < 4.78 is 0. The van der Waals surface area contributed by atoms with Gasteiger partial charge in [0.15, 0.2) is 0 Å². The lowest BCUT2D eigenvalue weighted by molar-refractivity contribution is -0.384. The van der Waals surface area contributed by atoms with Crippen molar-refractivity contribution in [1.82, 2.24) is 10.2 Å². The van der Waals surface area contributed by atoms with Crippen LogP contribution < -0.4 is 5.32 Å². The van der Waals surface area contributed by atoms with Crippen LogP contribution in [0.5, 0.6) is 0 Å². The summed E-state index contributed by atoms with van der Waals surface area (Å²) in [6.45, 7) is 2.04. The molecule has 132 valence electrons. The van der Waals surface area contributed by atoms with Crippen molar-refractivity contribution in [2.45, 2.75) is 19.4 Å². The first-order valence-corrected chi connectivity index (χ1v) is 8.65. The average molecular weight is 361 g/mol. The first kappa shape index (κ1) is 18.6. The number of carbonyl (C=O) groups excluding carboxylic acids is 2. The Balaban J connectivity index is 1.89. The molecule has 0 bridgehead atoms. The second-order valence-corrected chi connectivity index (χ2v) is 6.33. The monoisotopic (exact) mass is 361 g/mol. The average Bonchev–Trinajstić information content (AvgIpc) is 3.15. The number of non-ortho nitro benzene ring substituents is 1. The van der Waals surface area contributed by atoms with Gasteiger partial charge in [-0.2, -0.15) is 11.3 Å².